The van der Waals surface area contributed by atoms with Crippen LogP contribution in [-0.4, -0.2) is 13.2 Å². The van der Waals surface area contributed by atoms with Crippen LogP contribution >= 0.6 is 39.1 Å². The Morgan fingerprint density at radius 3 is 2.52 bits per heavy atom. The van der Waals surface area contributed by atoms with Crippen molar-refractivity contribution in [1.82, 2.24) is 5.32 Å². The molecule has 1 unspecified atom stereocenters. The molecule has 112 valence electrons. The Bertz CT molecular complexity index is 589. The summed E-state index contributed by atoms with van der Waals surface area (Å²) < 4.78 is 6.70. The van der Waals surface area contributed by atoms with Gasteiger partial charge in [-0.1, -0.05) is 45.2 Å². The van der Waals surface area contributed by atoms with Gasteiger partial charge in [-0.15, -0.1) is 0 Å². The summed E-state index contributed by atoms with van der Waals surface area (Å²) in [7, 11) is 0. The lowest BCUT2D eigenvalue weighted by Crippen LogP contribution is -2.24. The van der Waals surface area contributed by atoms with Gasteiger partial charge in [0, 0.05) is 27.1 Å². The molecule has 0 saturated carbocycles. The number of nitrogens with one attached hydrogen (secondary N) is 1. The summed E-state index contributed by atoms with van der Waals surface area (Å²) in [6.45, 7) is 3.39. The van der Waals surface area contributed by atoms with Crippen LogP contribution < -0.4 is 10.1 Å². The maximum Gasteiger partial charge on any atom is 0.119 e. The van der Waals surface area contributed by atoms with Crippen LogP contribution in [0, 0.1) is 0 Å². The number of hydrogen-bond acceptors (Lipinski definition) is 2. The van der Waals surface area contributed by atoms with Gasteiger partial charge in [0.2, 0.25) is 0 Å². The van der Waals surface area contributed by atoms with Crippen LogP contribution in [-0.2, 0) is 0 Å². The van der Waals surface area contributed by atoms with Gasteiger partial charge in [-0.05, 0) is 48.9 Å². The first kappa shape index (κ1) is 16.6. The van der Waals surface area contributed by atoms with Gasteiger partial charge in [0.1, 0.15) is 12.4 Å². The molecule has 0 aliphatic carbocycles. The minimum Gasteiger partial charge on any atom is -0.492 e. The molecule has 1 atom stereocenters. The fourth-order valence-corrected chi connectivity index (χ4v) is 2.77. The highest BCUT2D eigenvalue weighted by atomic mass is 79.9. The molecule has 2 rings (SSSR count). The smallest absolute Gasteiger partial charge is 0.119 e. The molecule has 21 heavy (non-hydrogen) atoms. The monoisotopic (exact) mass is 387 g/mol. The van der Waals surface area contributed by atoms with E-state index in [1.807, 2.05) is 36.4 Å². The topological polar surface area (TPSA) is 21.3 Å². The average molecular weight is 389 g/mol. The van der Waals surface area contributed by atoms with E-state index in [1.54, 1.807) is 6.07 Å². The zero-order valence-electron chi connectivity index (χ0n) is 11.6. The van der Waals surface area contributed by atoms with Crippen LogP contribution in [0.15, 0.2) is 46.9 Å². The fraction of sp³-hybridized carbons (Fsp3) is 0.250. The fourth-order valence-electron chi connectivity index (χ4n) is 1.94. The van der Waals surface area contributed by atoms with E-state index >= 15 is 0 Å². The van der Waals surface area contributed by atoms with Gasteiger partial charge in [-0.25, -0.2) is 0 Å². The van der Waals surface area contributed by atoms with Crippen LogP contribution in [0.1, 0.15) is 18.5 Å². The Balaban J connectivity index is 1.79. The normalized spacial score (nSPS) is 12.2. The van der Waals surface area contributed by atoms with Crippen LogP contribution in [0.2, 0.25) is 10.0 Å². The number of hydrogen-bond donors (Lipinski definition) is 1. The van der Waals surface area contributed by atoms with Gasteiger partial charge in [0.15, 0.2) is 0 Å². The second kappa shape index (κ2) is 8.04. The number of benzene rings is 2. The van der Waals surface area contributed by atoms with Crippen LogP contribution in [0.3, 0.4) is 0 Å². The Morgan fingerprint density at radius 1 is 1.14 bits per heavy atom. The second-order valence-corrected chi connectivity index (χ2v) is 6.40. The van der Waals surface area contributed by atoms with E-state index in [1.165, 1.54) is 0 Å². The maximum atomic E-state index is 6.19. The van der Waals surface area contributed by atoms with Crippen molar-refractivity contribution in [2.45, 2.75) is 13.0 Å². The highest BCUT2D eigenvalue weighted by Crippen LogP contribution is 2.25. The van der Waals surface area contributed by atoms with Gasteiger partial charge < -0.3 is 10.1 Å². The number of rotatable bonds is 6. The van der Waals surface area contributed by atoms with Gasteiger partial charge in [0.25, 0.3) is 0 Å². The molecular formula is C16H16BrCl2NO. The van der Waals surface area contributed by atoms with E-state index in [4.69, 9.17) is 27.9 Å². The third-order valence-electron chi connectivity index (χ3n) is 3.06. The van der Waals surface area contributed by atoms with Gasteiger partial charge >= 0.3 is 0 Å². The predicted octanol–water partition coefficient (Wildman–Crippen LogP) is 5.49. The van der Waals surface area contributed by atoms with E-state index in [9.17, 15) is 0 Å². The molecule has 2 aromatic rings. The molecule has 0 aromatic heterocycles. The lowest BCUT2D eigenvalue weighted by atomic mass is 10.1. The third kappa shape index (κ3) is 5.19. The lowest BCUT2D eigenvalue weighted by molar-refractivity contribution is 0.307. The van der Waals surface area contributed by atoms with Crippen molar-refractivity contribution in [3.63, 3.8) is 0 Å². The van der Waals surface area contributed by atoms with Crippen LogP contribution in [0.25, 0.3) is 0 Å². The number of halogens is 3. The van der Waals surface area contributed by atoms with E-state index < -0.39 is 0 Å². The Kier molecular flexibility index (Phi) is 6.37. The van der Waals surface area contributed by atoms with E-state index in [2.05, 4.69) is 28.2 Å². The summed E-state index contributed by atoms with van der Waals surface area (Å²) in [5.41, 5.74) is 1.03. The summed E-state index contributed by atoms with van der Waals surface area (Å²) in [5.74, 6) is 0.858. The van der Waals surface area contributed by atoms with E-state index in [0.29, 0.717) is 16.7 Å². The van der Waals surface area contributed by atoms with Crippen LogP contribution in [0.5, 0.6) is 5.75 Å². The molecule has 1 N–H and O–H groups in total. The molecule has 0 saturated heterocycles. The Hall–Kier alpha value is -0.740. The highest BCUT2D eigenvalue weighted by molar-refractivity contribution is 9.10. The summed E-state index contributed by atoms with van der Waals surface area (Å²) in [4.78, 5) is 0. The third-order valence-corrected chi connectivity index (χ3v) is 4.16. The molecule has 2 aromatic carbocycles. The molecule has 0 heterocycles. The van der Waals surface area contributed by atoms with Crippen molar-refractivity contribution in [2.24, 2.45) is 0 Å². The van der Waals surface area contributed by atoms with Crippen molar-refractivity contribution in [2.75, 3.05) is 13.2 Å². The summed E-state index contributed by atoms with van der Waals surface area (Å²) in [5, 5.41) is 4.70. The summed E-state index contributed by atoms with van der Waals surface area (Å²) >= 11 is 15.5. The molecule has 0 spiro atoms. The molecule has 0 bridgehead atoms. The zero-order valence-corrected chi connectivity index (χ0v) is 14.7. The Morgan fingerprint density at radius 2 is 1.86 bits per heavy atom. The maximum absolute atomic E-state index is 6.19. The summed E-state index contributed by atoms with van der Waals surface area (Å²) in [6, 6.07) is 13.5. The molecule has 0 amide bonds. The quantitative estimate of drug-likeness (QED) is 0.661. The van der Waals surface area contributed by atoms with Crippen molar-refractivity contribution >= 4 is 39.1 Å². The second-order valence-electron chi connectivity index (χ2n) is 4.64. The minimum atomic E-state index is 0.142. The van der Waals surface area contributed by atoms with Crippen molar-refractivity contribution in [3.05, 3.63) is 62.5 Å². The number of ether oxygens (including phenoxy) is 1. The SMILES string of the molecule is CC(NCCOc1ccc(Br)cc1)c1ccc(Cl)cc1Cl. The van der Waals surface area contributed by atoms with Crippen molar-refractivity contribution in [1.29, 1.82) is 0 Å². The average Bonchev–Trinajstić information content (AvgIpc) is 2.45. The molecule has 0 radical (unpaired) electrons. The molecule has 0 fully saturated rings. The molecule has 0 aliphatic rings. The lowest BCUT2D eigenvalue weighted by Gasteiger charge is -2.16. The molecule has 5 heteroatoms. The van der Waals surface area contributed by atoms with Crippen LogP contribution in [0.4, 0.5) is 0 Å². The standard InChI is InChI=1S/C16H16BrCl2NO/c1-11(15-7-4-13(18)10-16(15)19)20-8-9-21-14-5-2-12(17)3-6-14/h2-7,10-11,20H,8-9H2,1H3. The minimum absolute atomic E-state index is 0.142. The van der Waals surface area contributed by atoms with Gasteiger partial charge in [0.05, 0.1) is 0 Å². The van der Waals surface area contributed by atoms with Gasteiger partial charge in [-0.2, -0.15) is 0 Å². The predicted molar refractivity (Wildman–Crippen MR) is 92.5 cm³/mol. The molecule has 0 aliphatic heterocycles. The first-order valence-corrected chi connectivity index (χ1v) is 8.18. The summed E-state index contributed by atoms with van der Waals surface area (Å²) in [6.07, 6.45) is 0. The van der Waals surface area contributed by atoms with Crippen molar-refractivity contribution < 1.29 is 4.74 Å². The van der Waals surface area contributed by atoms with Gasteiger partial charge in [-0.3, -0.25) is 0 Å². The Labute approximate surface area is 143 Å². The van der Waals surface area contributed by atoms with E-state index in [0.717, 1.165) is 22.3 Å². The largest absolute Gasteiger partial charge is 0.492 e. The molecule has 2 nitrogen and oxygen atoms in total. The zero-order chi connectivity index (χ0) is 15.2. The van der Waals surface area contributed by atoms with E-state index in [-0.39, 0.29) is 6.04 Å². The first-order valence-electron chi connectivity index (χ1n) is 6.63. The highest BCUT2D eigenvalue weighted by Gasteiger charge is 2.09. The first-order chi connectivity index (χ1) is 10.1. The molecular weight excluding hydrogens is 373 g/mol. The van der Waals surface area contributed by atoms with Crippen molar-refractivity contribution in [3.8, 4) is 5.75 Å².